The summed E-state index contributed by atoms with van der Waals surface area (Å²) < 4.78 is 18.4. The van der Waals surface area contributed by atoms with Gasteiger partial charge in [0.2, 0.25) is 5.91 Å². The molecule has 1 amide bonds. The van der Waals surface area contributed by atoms with Gasteiger partial charge >= 0.3 is 0 Å². The van der Waals surface area contributed by atoms with Crippen molar-refractivity contribution in [1.29, 1.82) is 0 Å². The molecule has 0 atom stereocenters. The van der Waals surface area contributed by atoms with Crippen molar-refractivity contribution < 1.29 is 13.9 Å². The van der Waals surface area contributed by atoms with Gasteiger partial charge in [-0.2, -0.15) is 0 Å². The first-order valence-corrected chi connectivity index (χ1v) is 7.42. The van der Waals surface area contributed by atoms with Gasteiger partial charge in [-0.05, 0) is 37.0 Å². The lowest BCUT2D eigenvalue weighted by atomic mass is 9.97. The lowest BCUT2D eigenvalue weighted by Gasteiger charge is -2.28. The maximum absolute atomic E-state index is 13.6. The second kappa shape index (κ2) is 6.89. The SMILES string of the molecule is COc1ccc(CCC(=O)NC2(CN)CCCC2)cc1F. The molecule has 1 saturated carbocycles. The third-order valence-corrected chi connectivity index (χ3v) is 4.21. The van der Waals surface area contributed by atoms with Crippen LogP contribution in [0.2, 0.25) is 0 Å². The molecule has 2 rings (SSSR count). The van der Waals surface area contributed by atoms with E-state index in [0.717, 1.165) is 31.2 Å². The molecule has 1 aliphatic rings. The second-order valence-electron chi connectivity index (χ2n) is 5.71. The minimum atomic E-state index is -0.398. The number of ether oxygens (including phenoxy) is 1. The summed E-state index contributed by atoms with van der Waals surface area (Å²) in [5, 5.41) is 3.07. The van der Waals surface area contributed by atoms with Gasteiger partial charge in [-0.1, -0.05) is 18.9 Å². The van der Waals surface area contributed by atoms with Crippen LogP contribution in [0, 0.1) is 5.82 Å². The Morgan fingerprint density at radius 1 is 1.43 bits per heavy atom. The molecular formula is C16H23FN2O2. The zero-order valence-electron chi connectivity index (χ0n) is 12.5. The second-order valence-corrected chi connectivity index (χ2v) is 5.71. The molecule has 0 saturated heterocycles. The van der Waals surface area contributed by atoms with Crippen molar-refractivity contribution in [2.45, 2.75) is 44.1 Å². The summed E-state index contributed by atoms with van der Waals surface area (Å²) in [4.78, 5) is 12.1. The number of amides is 1. The zero-order valence-corrected chi connectivity index (χ0v) is 12.5. The Balaban J connectivity index is 1.87. The molecule has 116 valence electrons. The molecular weight excluding hydrogens is 271 g/mol. The maximum atomic E-state index is 13.6. The Morgan fingerprint density at radius 2 is 2.14 bits per heavy atom. The molecule has 0 heterocycles. The lowest BCUT2D eigenvalue weighted by molar-refractivity contribution is -0.122. The number of benzene rings is 1. The zero-order chi connectivity index (χ0) is 15.3. The molecule has 5 heteroatoms. The summed E-state index contributed by atoms with van der Waals surface area (Å²) in [5.41, 5.74) is 6.37. The Morgan fingerprint density at radius 3 is 2.71 bits per heavy atom. The molecule has 1 aliphatic carbocycles. The van der Waals surface area contributed by atoms with E-state index in [-0.39, 0.29) is 17.2 Å². The van der Waals surface area contributed by atoms with Crippen LogP contribution in [-0.2, 0) is 11.2 Å². The van der Waals surface area contributed by atoms with Crippen LogP contribution in [0.25, 0.3) is 0 Å². The van der Waals surface area contributed by atoms with Crippen LogP contribution in [0.1, 0.15) is 37.7 Å². The van der Waals surface area contributed by atoms with Crippen LogP contribution in [0.15, 0.2) is 18.2 Å². The van der Waals surface area contributed by atoms with E-state index in [1.807, 2.05) is 0 Å². The van der Waals surface area contributed by atoms with Crippen molar-refractivity contribution in [3.05, 3.63) is 29.6 Å². The predicted octanol–water partition coefficient (Wildman–Crippen LogP) is 2.15. The number of hydrogen-bond acceptors (Lipinski definition) is 3. The van der Waals surface area contributed by atoms with Gasteiger partial charge in [0.05, 0.1) is 12.6 Å². The number of aryl methyl sites for hydroxylation is 1. The molecule has 1 aromatic rings. The number of nitrogens with one attached hydrogen (secondary N) is 1. The normalized spacial score (nSPS) is 16.7. The molecule has 0 unspecified atom stereocenters. The fourth-order valence-corrected chi connectivity index (χ4v) is 2.91. The van der Waals surface area contributed by atoms with E-state index >= 15 is 0 Å². The Hall–Kier alpha value is -1.62. The van der Waals surface area contributed by atoms with Gasteiger partial charge in [-0.15, -0.1) is 0 Å². The number of nitrogens with two attached hydrogens (primary N) is 1. The standard InChI is InChI=1S/C16H23FN2O2/c1-21-14-6-4-12(10-13(14)17)5-7-15(20)19-16(11-18)8-2-3-9-16/h4,6,10H,2-3,5,7-9,11,18H2,1H3,(H,19,20). The average molecular weight is 294 g/mol. The molecule has 21 heavy (non-hydrogen) atoms. The summed E-state index contributed by atoms with van der Waals surface area (Å²) in [6, 6.07) is 4.78. The predicted molar refractivity (Wildman–Crippen MR) is 79.7 cm³/mol. The van der Waals surface area contributed by atoms with Gasteiger partial charge in [0, 0.05) is 13.0 Å². The molecule has 1 aromatic carbocycles. The van der Waals surface area contributed by atoms with E-state index < -0.39 is 5.82 Å². The Kier molecular flexibility index (Phi) is 5.17. The van der Waals surface area contributed by atoms with Crippen molar-refractivity contribution >= 4 is 5.91 Å². The number of methoxy groups -OCH3 is 1. The molecule has 3 N–H and O–H groups in total. The highest BCUT2D eigenvalue weighted by molar-refractivity contribution is 5.77. The number of halogens is 1. The minimum Gasteiger partial charge on any atom is -0.494 e. The van der Waals surface area contributed by atoms with Crippen molar-refractivity contribution in [2.75, 3.05) is 13.7 Å². The molecule has 0 aromatic heterocycles. The van der Waals surface area contributed by atoms with Crippen LogP contribution in [0.3, 0.4) is 0 Å². The number of rotatable bonds is 6. The van der Waals surface area contributed by atoms with E-state index in [2.05, 4.69) is 5.32 Å². The summed E-state index contributed by atoms with van der Waals surface area (Å²) in [6.07, 6.45) is 4.97. The quantitative estimate of drug-likeness (QED) is 0.845. The van der Waals surface area contributed by atoms with E-state index in [9.17, 15) is 9.18 Å². The highest BCUT2D eigenvalue weighted by Crippen LogP contribution is 2.28. The van der Waals surface area contributed by atoms with E-state index in [0.29, 0.717) is 19.4 Å². The minimum absolute atomic E-state index is 0.0152. The first kappa shape index (κ1) is 15.8. The Labute approximate surface area is 124 Å². The third-order valence-electron chi connectivity index (χ3n) is 4.21. The summed E-state index contributed by atoms with van der Waals surface area (Å²) >= 11 is 0. The molecule has 0 bridgehead atoms. The molecule has 0 aliphatic heterocycles. The molecule has 0 radical (unpaired) electrons. The lowest BCUT2D eigenvalue weighted by Crippen LogP contribution is -2.51. The van der Waals surface area contributed by atoms with Crippen molar-refractivity contribution in [1.82, 2.24) is 5.32 Å². The number of carbonyl (C=O) groups is 1. The van der Waals surface area contributed by atoms with Gasteiger partial charge in [0.15, 0.2) is 11.6 Å². The first-order valence-electron chi connectivity index (χ1n) is 7.42. The highest BCUT2D eigenvalue weighted by atomic mass is 19.1. The van der Waals surface area contributed by atoms with Gasteiger partial charge in [0.1, 0.15) is 0 Å². The summed E-state index contributed by atoms with van der Waals surface area (Å²) in [6.45, 7) is 0.482. The van der Waals surface area contributed by atoms with Crippen molar-refractivity contribution in [2.24, 2.45) is 5.73 Å². The van der Waals surface area contributed by atoms with Gasteiger partial charge in [0.25, 0.3) is 0 Å². The average Bonchev–Trinajstić information content (AvgIpc) is 2.94. The smallest absolute Gasteiger partial charge is 0.220 e. The fourth-order valence-electron chi connectivity index (χ4n) is 2.91. The van der Waals surface area contributed by atoms with Crippen LogP contribution in [0.4, 0.5) is 4.39 Å². The van der Waals surface area contributed by atoms with Crippen molar-refractivity contribution in [3.8, 4) is 5.75 Å². The summed E-state index contributed by atoms with van der Waals surface area (Å²) in [5.74, 6) is -0.195. The maximum Gasteiger partial charge on any atom is 0.220 e. The van der Waals surface area contributed by atoms with Gasteiger partial charge in [-0.25, -0.2) is 4.39 Å². The number of hydrogen-bond donors (Lipinski definition) is 2. The van der Waals surface area contributed by atoms with Crippen LogP contribution in [0.5, 0.6) is 5.75 Å². The van der Waals surface area contributed by atoms with Crippen LogP contribution in [-0.4, -0.2) is 25.1 Å². The van der Waals surface area contributed by atoms with Gasteiger partial charge in [-0.3, -0.25) is 4.79 Å². The summed E-state index contributed by atoms with van der Waals surface area (Å²) in [7, 11) is 1.43. The monoisotopic (exact) mass is 294 g/mol. The van der Waals surface area contributed by atoms with Crippen molar-refractivity contribution in [3.63, 3.8) is 0 Å². The van der Waals surface area contributed by atoms with Gasteiger partial charge < -0.3 is 15.8 Å². The van der Waals surface area contributed by atoms with Crippen LogP contribution >= 0.6 is 0 Å². The fraction of sp³-hybridized carbons (Fsp3) is 0.562. The molecule has 1 fully saturated rings. The molecule has 0 spiro atoms. The first-order chi connectivity index (χ1) is 10.1. The molecule has 4 nitrogen and oxygen atoms in total. The van der Waals surface area contributed by atoms with E-state index in [1.54, 1.807) is 12.1 Å². The third kappa shape index (κ3) is 3.94. The highest BCUT2D eigenvalue weighted by Gasteiger charge is 2.33. The van der Waals surface area contributed by atoms with E-state index in [1.165, 1.54) is 13.2 Å². The number of carbonyl (C=O) groups excluding carboxylic acids is 1. The Bertz CT molecular complexity index is 499. The van der Waals surface area contributed by atoms with Crippen LogP contribution < -0.4 is 15.8 Å². The largest absolute Gasteiger partial charge is 0.494 e. The topological polar surface area (TPSA) is 64.3 Å². The van der Waals surface area contributed by atoms with E-state index in [4.69, 9.17) is 10.5 Å².